The number of hydrogen-bond donors (Lipinski definition) is 0. The van der Waals surface area contributed by atoms with Gasteiger partial charge in [-0.05, 0) is 6.92 Å². The first-order valence-corrected chi connectivity index (χ1v) is 6.29. The van der Waals surface area contributed by atoms with Crippen molar-refractivity contribution in [2.75, 3.05) is 32.2 Å². The Hall–Kier alpha value is -2.38. The highest BCUT2D eigenvalue weighted by Gasteiger charge is 2.21. The molecular weight excluding hydrogens is 283 g/mol. The molecule has 116 valence electrons. The summed E-state index contributed by atoms with van der Waals surface area (Å²) in [5.74, 6) is -1.19. The Bertz CT molecular complexity index is 536. The minimum Gasteiger partial charge on any atom is -0.490 e. The number of methoxy groups -OCH3 is 1. The number of carbonyl (C=O) groups is 1. The van der Waals surface area contributed by atoms with E-state index in [2.05, 4.69) is 0 Å². The molecule has 21 heavy (non-hydrogen) atoms. The fraction of sp³-hybridized carbons (Fsp3) is 0.462. The van der Waals surface area contributed by atoms with Crippen molar-refractivity contribution < 1.29 is 23.6 Å². The molecule has 0 unspecified atom stereocenters. The lowest BCUT2D eigenvalue weighted by atomic mass is 10.2. The average Bonchev–Trinajstić information content (AvgIpc) is 2.44. The Morgan fingerprint density at radius 3 is 2.67 bits per heavy atom. The van der Waals surface area contributed by atoms with Gasteiger partial charge in [0.1, 0.15) is 0 Å². The van der Waals surface area contributed by atoms with Crippen molar-refractivity contribution in [1.82, 2.24) is 0 Å². The minimum absolute atomic E-state index is 0.0422. The summed E-state index contributed by atoms with van der Waals surface area (Å²) in [5, 5.41) is 10.8. The van der Waals surface area contributed by atoms with Gasteiger partial charge in [0.25, 0.3) is 0 Å². The third kappa shape index (κ3) is 4.30. The number of nitro groups is 1. The van der Waals surface area contributed by atoms with Crippen LogP contribution >= 0.6 is 0 Å². The lowest BCUT2D eigenvalue weighted by Gasteiger charge is -2.20. The molecule has 1 aromatic rings. The summed E-state index contributed by atoms with van der Waals surface area (Å²) in [6.45, 7) is 2.20. The molecule has 0 aromatic heterocycles. The number of anilines is 1. The molecule has 0 atom stereocenters. The summed E-state index contributed by atoms with van der Waals surface area (Å²) in [7, 11) is 2.84. The number of hydrogen-bond acceptors (Lipinski definition) is 6. The van der Waals surface area contributed by atoms with E-state index >= 15 is 0 Å². The normalized spacial score (nSPS) is 10.1. The predicted octanol–water partition coefficient (Wildman–Crippen LogP) is 2.13. The standard InChI is InChI=1S/C13H17FN2O5/c1-4-21-13(17)5-6-15(2)10-8-12(20-3)11(16(18)19)7-9(10)14/h7-8H,4-6H2,1-3H3. The second-order valence-corrected chi connectivity index (χ2v) is 4.21. The number of ether oxygens (including phenoxy) is 2. The molecule has 0 radical (unpaired) electrons. The number of nitro benzene ring substituents is 1. The van der Waals surface area contributed by atoms with Gasteiger partial charge in [-0.1, -0.05) is 0 Å². The predicted molar refractivity (Wildman–Crippen MR) is 74.1 cm³/mol. The average molecular weight is 300 g/mol. The van der Waals surface area contributed by atoms with E-state index in [1.807, 2.05) is 0 Å². The first-order chi connectivity index (χ1) is 9.90. The summed E-state index contributed by atoms with van der Waals surface area (Å²) >= 11 is 0. The molecule has 0 bridgehead atoms. The fourth-order valence-corrected chi connectivity index (χ4v) is 1.74. The fourth-order valence-electron chi connectivity index (χ4n) is 1.74. The first-order valence-electron chi connectivity index (χ1n) is 6.29. The van der Waals surface area contributed by atoms with Crippen LogP contribution in [-0.4, -0.2) is 38.2 Å². The third-order valence-electron chi connectivity index (χ3n) is 2.81. The summed E-state index contributed by atoms with van der Waals surface area (Å²) in [6, 6.07) is 2.04. The molecule has 1 rings (SSSR count). The largest absolute Gasteiger partial charge is 0.490 e. The van der Waals surface area contributed by atoms with Gasteiger partial charge in [-0.15, -0.1) is 0 Å². The van der Waals surface area contributed by atoms with Crippen LogP contribution in [0.4, 0.5) is 15.8 Å². The third-order valence-corrected chi connectivity index (χ3v) is 2.81. The SMILES string of the molecule is CCOC(=O)CCN(C)c1cc(OC)c([N+](=O)[O-])cc1F. The van der Waals surface area contributed by atoms with E-state index in [1.165, 1.54) is 18.1 Å². The number of halogens is 1. The van der Waals surface area contributed by atoms with E-state index in [9.17, 15) is 19.3 Å². The topological polar surface area (TPSA) is 81.9 Å². The maximum absolute atomic E-state index is 13.9. The Labute approximate surface area is 121 Å². The van der Waals surface area contributed by atoms with Crippen LogP contribution < -0.4 is 9.64 Å². The zero-order chi connectivity index (χ0) is 16.0. The van der Waals surface area contributed by atoms with E-state index in [1.54, 1.807) is 14.0 Å². The van der Waals surface area contributed by atoms with Crippen molar-refractivity contribution in [3.8, 4) is 5.75 Å². The van der Waals surface area contributed by atoms with Crippen LogP contribution in [0.5, 0.6) is 5.75 Å². The number of nitrogens with zero attached hydrogens (tertiary/aromatic N) is 2. The van der Waals surface area contributed by atoms with Crippen LogP contribution in [0, 0.1) is 15.9 Å². The zero-order valence-corrected chi connectivity index (χ0v) is 12.1. The highest BCUT2D eigenvalue weighted by Crippen LogP contribution is 2.33. The molecule has 0 saturated heterocycles. The molecule has 0 spiro atoms. The van der Waals surface area contributed by atoms with E-state index in [0.29, 0.717) is 0 Å². The number of benzene rings is 1. The second kappa shape index (κ2) is 7.41. The van der Waals surface area contributed by atoms with Crippen molar-refractivity contribution in [1.29, 1.82) is 0 Å². The summed E-state index contributed by atoms with van der Waals surface area (Å²) in [6.07, 6.45) is 0.0864. The number of rotatable bonds is 7. The van der Waals surface area contributed by atoms with Crippen molar-refractivity contribution >= 4 is 17.3 Å². The van der Waals surface area contributed by atoms with Crippen LogP contribution in [0.25, 0.3) is 0 Å². The lowest BCUT2D eigenvalue weighted by Crippen LogP contribution is -2.23. The molecule has 0 aliphatic heterocycles. The molecule has 0 saturated carbocycles. The van der Waals surface area contributed by atoms with E-state index in [4.69, 9.17) is 9.47 Å². The molecule has 0 heterocycles. The first kappa shape index (κ1) is 16.7. The van der Waals surface area contributed by atoms with Gasteiger partial charge in [0.05, 0.1) is 36.8 Å². The van der Waals surface area contributed by atoms with Gasteiger partial charge in [0.2, 0.25) is 0 Å². The summed E-state index contributed by atoms with van der Waals surface area (Å²) < 4.78 is 23.6. The monoisotopic (exact) mass is 300 g/mol. The molecule has 0 fully saturated rings. The van der Waals surface area contributed by atoms with Crippen LogP contribution in [-0.2, 0) is 9.53 Å². The zero-order valence-electron chi connectivity index (χ0n) is 12.1. The smallest absolute Gasteiger partial charge is 0.313 e. The molecule has 8 heteroatoms. The van der Waals surface area contributed by atoms with Gasteiger partial charge in [0, 0.05) is 19.7 Å². The Balaban J connectivity index is 2.92. The van der Waals surface area contributed by atoms with Crippen LogP contribution in [0.1, 0.15) is 13.3 Å². The van der Waals surface area contributed by atoms with Crippen LogP contribution in [0.3, 0.4) is 0 Å². The Kier molecular flexibility index (Phi) is 5.89. The minimum atomic E-state index is -0.756. The summed E-state index contributed by atoms with van der Waals surface area (Å²) in [4.78, 5) is 22.8. The molecule has 0 aliphatic rings. The number of esters is 1. The highest BCUT2D eigenvalue weighted by molar-refractivity contribution is 5.70. The van der Waals surface area contributed by atoms with E-state index in [0.717, 1.165) is 6.07 Å². The van der Waals surface area contributed by atoms with E-state index in [-0.39, 0.29) is 31.0 Å². The lowest BCUT2D eigenvalue weighted by molar-refractivity contribution is -0.385. The van der Waals surface area contributed by atoms with Crippen LogP contribution in [0.15, 0.2) is 12.1 Å². The summed E-state index contributed by atoms with van der Waals surface area (Å²) in [5.41, 5.74) is -0.334. The van der Waals surface area contributed by atoms with Gasteiger partial charge >= 0.3 is 11.7 Å². The Morgan fingerprint density at radius 2 is 2.14 bits per heavy atom. The molecule has 1 aromatic carbocycles. The highest BCUT2D eigenvalue weighted by atomic mass is 19.1. The Morgan fingerprint density at radius 1 is 1.48 bits per heavy atom. The number of carbonyl (C=O) groups excluding carboxylic acids is 1. The second-order valence-electron chi connectivity index (χ2n) is 4.21. The van der Waals surface area contributed by atoms with Gasteiger partial charge in [-0.25, -0.2) is 4.39 Å². The van der Waals surface area contributed by atoms with Crippen molar-refractivity contribution in [3.05, 3.63) is 28.1 Å². The van der Waals surface area contributed by atoms with Crippen LogP contribution in [0.2, 0.25) is 0 Å². The maximum Gasteiger partial charge on any atom is 0.313 e. The molecule has 0 amide bonds. The maximum atomic E-state index is 13.9. The molecule has 0 aliphatic carbocycles. The van der Waals surface area contributed by atoms with Gasteiger partial charge in [-0.2, -0.15) is 0 Å². The quantitative estimate of drug-likeness (QED) is 0.436. The molecule has 0 N–H and O–H groups in total. The van der Waals surface area contributed by atoms with Crippen molar-refractivity contribution in [2.45, 2.75) is 13.3 Å². The van der Waals surface area contributed by atoms with Gasteiger partial charge in [0.15, 0.2) is 11.6 Å². The molecule has 7 nitrogen and oxygen atoms in total. The van der Waals surface area contributed by atoms with Crippen molar-refractivity contribution in [2.24, 2.45) is 0 Å². The molecular formula is C13H17FN2O5. The van der Waals surface area contributed by atoms with Gasteiger partial charge in [-0.3, -0.25) is 14.9 Å². The van der Waals surface area contributed by atoms with Crippen molar-refractivity contribution in [3.63, 3.8) is 0 Å². The van der Waals surface area contributed by atoms with E-state index < -0.39 is 22.4 Å². The van der Waals surface area contributed by atoms with Gasteiger partial charge < -0.3 is 14.4 Å².